The van der Waals surface area contributed by atoms with E-state index in [9.17, 15) is 20.0 Å². The van der Waals surface area contributed by atoms with Crippen molar-refractivity contribution in [2.45, 2.75) is 78.1 Å². The molecule has 1 aromatic carbocycles. The third-order valence-electron chi connectivity index (χ3n) is 5.17. The SMILES string of the molecule is CCCCC=NC(=O)C(N=Nc1cccc(C(O)NC(C)CCC)c1)C(C)C(C#N)C=O. The Balaban J connectivity index is 3.06. The smallest absolute Gasteiger partial charge is 0.272 e. The Kier molecular flexibility index (Phi) is 12.9. The fourth-order valence-corrected chi connectivity index (χ4v) is 3.14. The summed E-state index contributed by atoms with van der Waals surface area (Å²) in [7, 11) is 0. The van der Waals surface area contributed by atoms with E-state index in [4.69, 9.17) is 0 Å². The van der Waals surface area contributed by atoms with Gasteiger partial charge in [0.15, 0.2) is 6.04 Å². The lowest BCUT2D eigenvalue weighted by atomic mass is 9.89. The van der Waals surface area contributed by atoms with Gasteiger partial charge >= 0.3 is 0 Å². The van der Waals surface area contributed by atoms with Gasteiger partial charge in [-0.25, -0.2) is 4.99 Å². The second kappa shape index (κ2) is 15.1. The first-order valence-electron chi connectivity index (χ1n) is 11.2. The molecule has 0 radical (unpaired) electrons. The molecule has 0 bridgehead atoms. The van der Waals surface area contributed by atoms with Crippen molar-refractivity contribution in [3.05, 3.63) is 29.8 Å². The molecule has 0 aliphatic carbocycles. The molecular formula is C24H35N5O3. The van der Waals surface area contributed by atoms with Crippen LogP contribution in [0.25, 0.3) is 0 Å². The quantitative estimate of drug-likeness (QED) is 0.143. The number of aliphatic hydroxyl groups is 1. The first-order chi connectivity index (χ1) is 15.4. The van der Waals surface area contributed by atoms with E-state index in [1.165, 1.54) is 0 Å². The monoisotopic (exact) mass is 441 g/mol. The van der Waals surface area contributed by atoms with E-state index in [0.717, 1.165) is 25.7 Å². The summed E-state index contributed by atoms with van der Waals surface area (Å²) in [5.74, 6) is -2.21. The van der Waals surface area contributed by atoms with Crippen molar-refractivity contribution in [2.75, 3.05) is 0 Å². The zero-order chi connectivity index (χ0) is 23.9. The number of aldehydes is 1. The van der Waals surface area contributed by atoms with Gasteiger partial charge < -0.3 is 9.90 Å². The Hall–Kier alpha value is -2.76. The van der Waals surface area contributed by atoms with Gasteiger partial charge in [0.05, 0.1) is 11.8 Å². The van der Waals surface area contributed by atoms with Gasteiger partial charge in [-0.1, -0.05) is 45.7 Å². The maximum Gasteiger partial charge on any atom is 0.272 e. The highest BCUT2D eigenvalue weighted by molar-refractivity contribution is 5.89. The van der Waals surface area contributed by atoms with Gasteiger partial charge in [-0.3, -0.25) is 10.1 Å². The van der Waals surface area contributed by atoms with Crippen LogP contribution in [0, 0.1) is 23.2 Å². The number of hydrogen-bond acceptors (Lipinski definition) is 7. The number of nitrogens with one attached hydrogen (secondary N) is 1. The van der Waals surface area contributed by atoms with E-state index in [-0.39, 0.29) is 6.04 Å². The largest absolute Gasteiger partial charge is 0.374 e. The van der Waals surface area contributed by atoms with Crippen molar-refractivity contribution < 1.29 is 14.7 Å². The second-order valence-electron chi connectivity index (χ2n) is 7.96. The van der Waals surface area contributed by atoms with E-state index < -0.39 is 30.0 Å². The van der Waals surface area contributed by atoms with Crippen LogP contribution in [0.4, 0.5) is 5.69 Å². The normalized spacial score (nSPS) is 16.4. The van der Waals surface area contributed by atoms with Gasteiger partial charge in [-0.15, -0.1) is 0 Å². The standard InChI is InChI=1S/C24H35N5O3/c1-5-7-8-13-26-24(32)22(18(4)20(15-25)16-30)29-28-21-12-9-11-19(14-21)23(31)27-17(3)10-6-2/h9,11-14,16-18,20,22-23,27,31H,5-8,10H2,1-4H3. The van der Waals surface area contributed by atoms with Crippen LogP contribution in [0.1, 0.15) is 71.6 Å². The van der Waals surface area contributed by atoms with Crippen molar-refractivity contribution in [1.82, 2.24) is 5.32 Å². The molecule has 0 fully saturated rings. The molecule has 5 unspecified atom stereocenters. The fourth-order valence-electron chi connectivity index (χ4n) is 3.14. The number of rotatable bonds is 14. The number of benzene rings is 1. The van der Waals surface area contributed by atoms with E-state index in [0.29, 0.717) is 24.0 Å². The average Bonchev–Trinajstić information content (AvgIpc) is 2.78. The number of carbonyl (C=O) groups excluding carboxylic acids is 2. The molecule has 0 heterocycles. The van der Waals surface area contributed by atoms with E-state index in [1.807, 2.05) is 19.9 Å². The highest BCUT2D eigenvalue weighted by Crippen LogP contribution is 2.23. The molecule has 0 aliphatic rings. The average molecular weight is 442 g/mol. The van der Waals surface area contributed by atoms with Crippen LogP contribution < -0.4 is 5.32 Å². The van der Waals surface area contributed by atoms with Crippen LogP contribution in [0.15, 0.2) is 39.5 Å². The maximum absolute atomic E-state index is 12.6. The minimum absolute atomic E-state index is 0.153. The number of carbonyl (C=O) groups is 2. The lowest BCUT2D eigenvalue weighted by molar-refractivity contribution is -0.120. The molecule has 0 aliphatic heterocycles. The minimum Gasteiger partial charge on any atom is -0.374 e. The van der Waals surface area contributed by atoms with E-state index >= 15 is 0 Å². The Morgan fingerprint density at radius 3 is 2.66 bits per heavy atom. The van der Waals surface area contributed by atoms with Crippen LogP contribution in [0.3, 0.4) is 0 Å². The number of aliphatic hydroxyl groups excluding tert-OH is 1. The molecule has 0 aromatic heterocycles. The van der Waals surface area contributed by atoms with Crippen LogP contribution in [-0.2, 0) is 9.59 Å². The number of unbranched alkanes of at least 4 members (excludes halogenated alkanes) is 2. The highest BCUT2D eigenvalue weighted by Gasteiger charge is 2.31. The second-order valence-corrected chi connectivity index (χ2v) is 7.96. The van der Waals surface area contributed by atoms with Crippen molar-refractivity contribution in [3.8, 4) is 6.07 Å². The molecule has 0 saturated carbocycles. The van der Waals surface area contributed by atoms with Crippen molar-refractivity contribution in [2.24, 2.45) is 27.1 Å². The number of aliphatic imine (C=N–C) groups is 1. The summed E-state index contributed by atoms with van der Waals surface area (Å²) < 4.78 is 0. The molecule has 5 atom stereocenters. The molecule has 1 amide bonds. The summed E-state index contributed by atoms with van der Waals surface area (Å²) >= 11 is 0. The molecule has 0 spiro atoms. The Morgan fingerprint density at radius 1 is 1.28 bits per heavy atom. The molecule has 174 valence electrons. The van der Waals surface area contributed by atoms with Crippen LogP contribution in [0.5, 0.6) is 0 Å². The number of nitriles is 1. The van der Waals surface area contributed by atoms with Gasteiger partial charge in [0, 0.05) is 18.2 Å². The zero-order valence-electron chi connectivity index (χ0n) is 19.4. The number of hydrogen-bond donors (Lipinski definition) is 2. The summed E-state index contributed by atoms with van der Waals surface area (Å²) in [6.07, 6.45) is 5.71. The molecule has 1 aromatic rings. The van der Waals surface area contributed by atoms with Crippen LogP contribution in [0.2, 0.25) is 0 Å². The van der Waals surface area contributed by atoms with Crippen LogP contribution >= 0.6 is 0 Å². The fraction of sp³-hybridized carbons (Fsp3) is 0.583. The summed E-state index contributed by atoms with van der Waals surface area (Å²) in [5.41, 5.74) is 1.08. The first kappa shape index (κ1) is 27.3. The van der Waals surface area contributed by atoms with Crippen LogP contribution in [-0.4, -0.2) is 35.6 Å². The van der Waals surface area contributed by atoms with E-state index in [2.05, 4.69) is 27.5 Å². The lowest BCUT2D eigenvalue weighted by Gasteiger charge is -2.19. The zero-order valence-corrected chi connectivity index (χ0v) is 19.4. The summed E-state index contributed by atoms with van der Waals surface area (Å²) in [6.45, 7) is 7.75. The van der Waals surface area contributed by atoms with Gasteiger partial charge in [-0.05, 0) is 43.9 Å². The van der Waals surface area contributed by atoms with Gasteiger partial charge in [0.1, 0.15) is 18.4 Å². The van der Waals surface area contributed by atoms with Gasteiger partial charge in [-0.2, -0.15) is 15.5 Å². The number of azo groups is 1. The molecule has 2 N–H and O–H groups in total. The van der Waals surface area contributed by atoms with Gasteiger partial charge in [0.2, 0.25) is 0 Å². The maximum atomic E-state index is 12.6. The number of amides is 1. The third-order valence-corrected chi connectivity index (χ3v) is 5.17. The summed E-state index contributed by atoms with van der Waals surface area (Å²) in [6, 6.07) is 7.89. The molecule has 8 heteroatoms. The van der Waals surface area contributed by atoms with Gasteiger partial charge in [0.25, 0.3) is 5.91 Å². The Bertz CT molecular complexity index is 818. The van der Waals surface area contributed by atoms with Crippen molar-refractivity contribution in [3.63, 3.8) is 0 Å². The predicted molar refractivity (Wildman–Crippen MR) is 125 cm³/mol. The highest BCUT2D eigenvalue weighted by atomic mass is 16.3. The van der Waals surface area contributed by atoms with Crippen molar-refractivity contribution >= 4 is 24.1 Å². The minimum atomic E-state index is -1.06. The molecule has 1 rings (SSSR count). The Morgan fingerprint density at radius 2 is 2.03 bits per heavy atom. The summed E-state index contributed by atoms with van der Waals surface area (Å²) in [4.78, 5) is 27.8. The predicted octanol–water partition coefficient (Wildman–Crippen LogP) is 4.67. The summed E-state index contributed by atoms with van der Waals surface area (Å²) in [5, 5.41) is 31.1. The number of nitrogens with zero attached hydrogens (tertiary/aromatic N) is 4. The van der Waals surface area contributed by atoms with E-state index in [1.54, 1.807) is 37.4 Å². The molecular weight excluding hydrogens is 406 g/mol. The molecule has 0 saturated heterocycles. The topological polar surface area (TPSA) is 127 Å². The molecule has 32 heavy (non-hydrogen) atoms. The lowest BCUT2D eigenvalue weighted by Crippen LogP contribution is -2.30. The van der Waals surface area contributed by atoms with Crippen molar-refractivity contribution in [1.29, 1.82) is 5.26 Å². The molecule has 8 nitrogen and oxygen atoms in total. The Labute approximate surface area is 190 Å². The first-order valence-corrected chi connectivity index (χ1v) is 11.2. The third kappa shape index (κ3) is 9.16.